The molecule has 7 nitrogen and oxygen atoms in total. The second-order valence-electron chi connectivity index (χ2n) is 8.78. The number of thioether (sulfide) groups is 1. The van der Waals surface area contributed by atoms with Crippen LogP contribution in [0.5, 0.6) is 0 Å². The van der Waals surface area contributed by atoms with Gasteiger partial charge >= 0.3 is 0 Å². The number of fused-ring (bicyclic) bond motifs is 1. The van der Waals surface area contributed by atoms with Crippen molar-refractivity contribution in [3.8, 4) is 11.1 Å². The average molecular weight is 487 g/mol. The van der Waals surface area contributed by atoms with E-state index < -0.39 is 0 Å². The van der Waals surface area contributed by atoms with E-state index in [1.54, 1.807) is 11.8 Å². The molecule has 3 heterocycles. The molecule has 35 heavy (non-hydrogen) atoms. The predicted molar refractivity (Wildman–Crippen MR) is 142 cm³/mol. The lowest BCUT2D eigenvalue weighted by Crippen LogP contribution is -2.30. The Kier molecular flexibility index (Phi) is 7.28. The highest BCUT2D eigenvalue weighted by Gasteiger charge is 2.19. The maximum atomic E-state index is 12.5. The second-order valence-corrected chi connectivity index (χ2v) is 9.55. The zero-order valence-corrected chi connectivity index (χ0v) is 20.8. The van der Waals surface area contributed by atoms with Gasteiger partial charge in [-0.2, -0.15) is 5.10 Å². The number of anilines is 1. The van der Waals surface area contributed by atoms with Crippen molar-refractivity contribution < 1.29 is 4.79 Å². The highest BCUT2D eigenvalue weighted by molar-refractivity contribution is 7.98. The molecule has 0 aliphatic carbocycles. The molecule has 1 aliphatic heterocycles. The molecule has 8 heteroatoms. The van der Waals surface area contributed by atoms with Crippen LogP contribution in [0.1, 0.15) is 24.8 Å². The predicted octanol–water partition coefficient (Wildman–Crippen LogP) is 4.56. The van der Waals surface area contributed by atoms with E-state index in [1.165, 1.54) is 24.8 Å². The van der Waals surface area contributed by atoms with Gasteiger partial charge in [0.1, 0.15) is 5.82 Å². The highest BCUT2D eigenvalue weighted by atomic mass is 32.2. The molecule has 180 valence electrons. The number of hydrogen-bond donors (Lipinski definition) is 1. The number of nitrogens with one attached hydrogen (secondary N) is 1. The van der Waals surface area contributed by atoms with E-state index in [1.807, 2.05) is 47.5 Å². The number of nitrogens with zero attached hydrogens (tertiary/aromatic N) is 5. The zero-order chi connectivity index (χ0) is 24.0. The first-order valence-electron chi connectivity index (χ1n) is 12.1. The van der Waals surface area contributed by atoms with Gasteiger partial charge in [-0.25, -0.2) is 14.6 Å². The summed E-state index contributed by atoms with van der Waals surface area (Å²) in [7, 11) is 0. The van der Waals surface area contributed by atoms with Crippen LogP contribution < -0.4 is 10.2 Å². The smallest absolute Gasteiger partial charge is 0.224 e. The monoisotopic (exact) mass is 486 g/mol. The second kappa shape index (κ2) is 10.9. The van der Waals surface area contributed by atoms with E-state index in [4.69, 9.17) is 9.97 Å². The Balaban J connectivity index is 1.21. The van der Waals surface area contributed by atoms with Gasteiger partial charge in [-0.05, 0) is 42.2 Å². The van der Waals surface area contributed by atoms with Gasteiger partial charge in [0.2, 0.25) is 5.91 Å². The van der Waals surface area contributed by atoms with Gasteiger partial charge in [-0.1, -0.05) is 66.4 Å². The van der Waals surface area contributed by atoms with E-state index in [0.717, 1.165) is 46.2 Å². The van der Waals surface area contributed by atoms with E-state index in [0.29, 0.717) is 19.5 Å². The lowest BCUT2D eigenvalue weighted by Gasteiger charge is -2.28. The fourth-order valence-corrected chi connectivity index (χ4v) is 4.87. The van der Waals surface area contributed by atoms with E-state index in [-0.39, 0.29) is 5.91 Å². The van der Waals surface area contributed by atoms with Gasteiger partial charge in [0.25, 0.3) is 0 Å². The molecule has 1 fully saturated rings. The van der Waals surface area contributed by atoms with Crippen LogP contribution in [0.15, 0.2) is 66.0 Å². The highest BCUT2D eigenvalue weighted by Crippen LogP contribution is 2.28. The van der Waals surface area contributed by atoms with Gasteiger partial charge in [0, 0.05) is 19.6 Å². The minimum Gasteiger partial charge on any atom is -0.356 e. The minimum atomic E-state index is 0.00218. The quantitative estimate of drug-likeness (QED) is 0.291. The zero-order valence-electron chi connectivity index (χ0n) is 20.0. The number of amides is 1. The Morgan fingerprint density at radius 3 is 2.46 bits per heavy atom. The molecule has 0 spiro atoms. The van der Waals surface area contributed by atoms with E-state index in [2.05, 4.69) is 39.6 Å². The molecule has 4 aromatic rings. The number of piperidine rings is 1. The maximum Gasteiger partial charge on any atom is 0.224 e. The molecule has 1 saturated heterocycles. The first-order valence-corrected chi connectivity index (χ1v) is 13.4. The number of rotatable bonds is 8. The molecule has 1 amide bonds. The molecule has 1 aliphatic rings. The number of benzene rings is 2. The molecule has 1 N–H and O–H groups in total. The van der Waals surface area contributed by atoms with Crippen molar-refractivity contribution >= 4 is 34.5 Å². The largest absolute Gasteiger partial charge is 0.356 e. The standard InChI is InChI=1S/C27H30N6OS/c1-35-27-30-25(32-15-6-3-7-16-32)23-19-29-33(26(23)31-27)17-14-28-24(34)18-20-10-12-22(13-11-20)21-8-4-2-5-9-21/h2,4-5,8-13,19H,3,6-7,14-18H2,1H3,(H,28,34). The molecule has 2 aromatic carbocycles. The van der Waals surface area contributed by atoms with Crippen molar-refractivity contribution in [2.24, 2.45) is 0 Å². The molecule has 0 radical (unpaired) electrons. The molecular formula is C27H30N6OS. The van der Waals surface area contributed by atoms with Crippen LogP contribution in [0.25, 0.3) is 22.2 Å². The van der Waals surface area contributed by atoms with Crippen LogP contribution in [0.4, 0.5) is 5.82 Å². The van der Waals surface area contributed by atoms with E-state index in [9.17, 15) is 4.79 Å². The van der Waals surface area contributed by atoms with Crippen LogP contribution in [0.2, 0.25) is 0 Å². The van der Waals surface area contributed by atoms with Crippen molar-refractivity contribution in [3.05, 3.63) is 66.4 Å². The Hall–Kier alpha value is -3.39. The molecule has 0 unspecified atom stereocenters. The molecule has 0 bridgehead atoms. The van der Waals surface area contributed by atoms with Gasteiger partial charge in [-0.15, -0.1) is 0 Å². The van der Waals surface area contributed by atoms with Crippen molar-refractivity contribution in [3.63, 3.8) is 0 Å². The summed E-state index contributed by atoms with van der Waals surface area (Å²) in [4.78, 5) is 24.4. The number of aromatic nitrogens is 4. The summed E-state index contributed by atoms with van der Waals surface area (Å²) >= 11 is 1.54. The lowest BCUT2D eigenvalue weighted by molar-refractivity contribution is -0.120. The molecular weight excluding hydrogens is 456 g/mol. The topological polar surface area (TPSA) is 75.9 Å². The Bertz CT molecular complexity index is 1280. The molecule has 2 aromatic heterocycles. The summed E-state index contributed by atoms with van der Waals surface area (Å²) in [5, 5.41) is 9.33. The van der Waals surface area contributed by atoms with Crippen molar-refractivity contribution in [2.45, 2.75) is 37.4 Å². The Morgan fingerprint density at radius 1 is 0.971 bits per heavy atom. The first kappa shape index (κ1) is 23.4. The summed E-state index contributed by atoms with van der Waals surface area (Å²) in [5.74, 6) is 0.982. The van der Waals surface area contributed by atoms with Crippen LogP contribution in [-0.4, -0.2) is 51.5 Å². The van der Waals surface area contributed by atoms with Gasteiger partial charge in [0.05, 0.1) is 24.5 Å². The summed E-state index contributed by atoms with van der Waals surface area (Å²) in [6.07, 6.45) is 7.86. The van der Waals surface area contributed by atoms with Crippen LogP contribution >= 0.6 is 11.8 Å². The molecule has 0 saturated carbocycles. The van der Waals surface area contributed by atoms with E-state index >= 15 is 0 Å². The van der Waals surface area contributed by atoms with Crippen LogP contribution in [0, 0.1) is 0 Å². The lowest BCUT2D eigenvalue weighted by atomic mass is 10.0. The summed E-state index contributed by atoms with van der Waals surface area (Å²) in [6.45, 7) is 3.10. The van der Waals surface area contributed by atoms with Crippen LogP contribution in [0.3, 0.4) is 0 Å². The minimum absolute atomic E-state index is 0.00218. The normalized spacial score (nSPS) is 13.8. The number of carbonyl (C=O) groups excluding carboxylic acids is 1. The van der Waals surface area contributed by atoms with Crippen molar-refractivity contribution in [2.75, 3.05) is 30.8 Å². The Morgan fingerprint density at radius 2 is 1.71 bits per heavy atom. The van der Waals surface area contributed by atoms with Gasteiger partial charge < -0.3 is 10.2 Å². The van der Waals surface area contributed by atoms with Crippen LogP contribution in [-0.2, 0) is 17.8 Å². The van der Waals surface area contributed by atoms with Crippen molar-refractivity contribution in [1.29, 1.82) is 0 Å². The Labute approximate surface area is 210 Å². The number of carbonyl (C=O) groups is 1. The summed E-state index contributed by atoms with van der Waals surface area (Å²) < 4.78 is 1.87. The summed E-state index contributed by atoms with van der Waals surface area (Å²) in [6, 6.07) is 18.4. The SMILES string of the molecule is CSc1nc(N2CCCCC2)c2cnn(CCNC(=O)Cc3ccc(-c4ccccc4)cc3)c2n1. The third-order valence-corrected chi connectivity index (χ3v) is 6.91. The average Bonchev–Trinajstić information content (AvgIpc) is 3.32. The maximum absolute atomic E-state index is 12.5. The fraction of sp³-hybridized carbons (Fsp3) is 0.333. The third kappa shape index (κ3) is 5.48. The number of hydrogen-bond acceptors (Lipinski definition) is 6. The molecule has 5 rings (SSSR count). The first-order chi connectivity index (χ1) is 17.2. The molecule has 0 atom stereocenters. The van der Waals surface area contributed by atoms with Gasteiger partial charge in [-0.3, -0.25) is 4.79 Å². The summed E-state index contributed by atoms with van der Waals surface area (Å²) in [5.41, 5.74) is 4.15. The van der Waals surface area contributed by atoms with Gasteiger partial charge in [0.15, 0.2) is 10.8 Å². The fourth-order valence-electron chi connectivity index (χ4n) is 4.52. The third-order valence-electron chi connectivity index (χ3n) is 6.37. The van der Waals surface area contributed by atoms with Crippen molar-refractivity contribution in [1.82, 2.24) is 25.1 Å².